The van der Waals surface area contributed by atoms with Gasteiger partial charge in [-0.1, -0.05) is 36.0 Å². The second kappa shape index (κ2) is 7.11. The van der Waals surface area contributed by atoms with Gasteiger partial charge in [-0.2, -0.15) is 0 Å². The van der Waals surface area contributed by atoms with Crippen molar-refractivity contribution in [1.82, 2.24) is 10.2 Å². The Morgan fingerprint density at radius 2 is 2.00 bits per heavy atom. The predicted octanol–water partition coefficient (Wildman–Crippen LogP) is 3.92. The van der Waals surface area contributed by atoms with Gasteiger partial charge in [-0.15, -0.1) is 10.2 Å². The number of carbonyl (C=O) groups is 1. The van der Waals surface area contributed by atoms with Crippen LogP contribution in [0.2, 0.25) is 0 Å². The Bertz CT molecular complexity index is 786. The van der Waals surface area contributed by atoms with Crippen molar-refractivity contribution in [1.29, 1.82) is 0 Å². The molecule has 1 N–H and O–H groups in total. The van der Waals surface area contributed by atoms with E-state index in [1.54, 1.807) is 30.0 Å². The van der Waals surface area contributed by atoms with Crippen LogP contribution in [0.4, 0.5) is 5.82 Å². The normalized spacial score (nSPS) is 10.5. The largest absolute Gasteiger partial charge is 0.459 e. The first-order valence-corrected chi connectivity index (χ1v) is 8.07. The molecule has 0 fully saturated rings. The molecular weight excluding hydrogens is 310 g/mol. The smallest absolute Gasteiger partial charge is 0.292 e. The lowest BCUT2D eigenvalue weighted by atomic mass is 10.1. The molecule has 3 aromatic rings. The Morgan fingerprint density at radius 1 is 1.13 bits per heavy atom. The summed E-state index contributed by atoms with van der Waals surface area (Å²) in [6.07, 6.45) is 1.45. The van der Waals surface area contributed by atoms with Crippen molar-refractivity contribution in [3.63, 3.8) is 0 Å². The van der Waals surface area contributed by atoms with Crippen LogP contribution in [-0.4, -0.2) is 16.1 Å². The van der Waals surface area contributed by atoms with Gasteiger partial charge < -0.3 is 9.73 Å². The Kier molecular flexibility index (Phi) is 4.73. The zero-order chi connectivity index (χ0) is 16.1. The number of furan rings is 1. The number of hydrogen-bond donors (Lipinski definition) is 1. The zero-order valence-electron chi connectivity index (χ0n) is 12.5. The first kappa shape index (κ1) is 15.3. The lowest BCUT2D eigenvalue weighted by molar-refractivity contribution is 0.0996. The van der Waals surface area contributed by atoms with Crippen LogP contribution in [0.25, 0.3) is 0 Å². The minimum atomic E-state index is -0.343. The third-order valence-electron chi connectivity index (χ3n) is 3.26. The standard InChI is InChI=1S/C17H15N3O2S/c1-12-5-2-3-6-13(12)11-23-16-9-8-15(19-20-16)18-17(21)14-7-4-10-22-14/h2-10H,11H2,1H3,(H,18,19,21). The topological polar surface area (TPSA) is 68.0 Å². The SMILES string of the molecule is Cc1ccccc1CSc1ccc(NC(=O)c2ccco2)nn1. The van der Waals surface area contributed by atoms with E-state index >= 15 is 0 Å². The van der Waals surface area contributed by atoms with Crippen molar-refractivity contribution >= 4 is 23.5 Å². The van der Waals surface area contributed by atoms with Crippen LogP contribution in [0.5, 0.6) is 0 Å². The summed E-state index contributed by atoms with van der Waals surface area (Å²) in [5.41, 5.74) is 2.53. The Hall–Kier alpha value is -2.60. The number of nitrogens with one attached hydrogen (secondary N) is 1. The van der Waals surface area contributed by atoms with Crippen molar-refractivity contribution in [2.24, 2.45) is 0 Å². The first-order chi connectivity index (χ1) is 11.2. The fourth-order valence-electron chi connectivity index (χ4n) is 1.97. The van der Waals surface area contributed by atoms with Crippen molar-refractivity contribution in [3.05, 3.63) is 71.7 Å². The molecule has 6 heteroatoms. The number of amides is 1. The monoisotopic (exact) mass is 325 g/mol. The molecule has 1 aromatic carbocycles. The number of carbonyl (C=O) groups excluding carboxylic acids is 1. The second-order valence-electron chi connectivity index (χ2n) is 4.90. The molecule has 0 aliphatic heterocycles. The maximum absolute atomic E-state index is 11.8. The highest BCUT2D eigenvalue weighted by atomic mass is 32.2. The Morgan fingerprint density at radius 3 is 2.70 bits per heavy atom. The van der Waals surface area contributed by atoms with E-state index in [9.17, 15) is 4.79 Å². The number of hydrogen-bond acceptors (Lipinski definition) is 5. The number of thioether (sulfide) groups is 1. The highest BCUT2D eigenvalue weighted by Gasteiger charge is 2.09. The van der Waals surface area contributed by atoms with Gasteiger partial charge in [0, 0.05) is 5.75 Å². The van der Waals surface area contributed by atoms with Crippen LogP contribution < -0.4 is 5.32 Å². The molecule has 1 amide bonds. The van der Waals surface area contributed by atoms with Crippen molar-refractivity contribution in [3.8, 4) is 0 Å². The quantitative estimate of drug-likeness (QED) is 0.720. The maximum Gasteiger partial charge on any atom is 0.292 e. The third kappa shape index (κ3) is 3.98. The average Bonchev–Trinajstić information content (AvgIpc) is 3.10. The van der Waals surface area contributed by atoms with E-state index < -0.39 is 0 Å². The molecule has 116 valence electrons. The predicted molar refractivity (Wildman–Crippen MR) is 89.4 cm³/mol. The van der Waals surface area contributed by atoms with Gasteiger partial charge in [-0.05, 0) is 42.3 Å². The lowest BCUT2D eigenvalue weighted by Crippen LogP contribution is -2.12. The van der Waals surface area contributed by atoms with Crippen molar-refractivity contribution in [2.75, 3.05) is 5.32 Å². The number of aryl methyl sites for hydroxylation is 1. The highest BCUT2D eigenvalue weighted by Crippen LogP contribution is 2.22. The molecule has 0 atom stereocenters. The Balaban J connectivity index is 1.59. The van der Waals surface area contributed by atoms with Crippen LogP contribution in [0, 0.1) is 6.92 Å². The number of aromatic nitrogens is 2. The van der Waals surface area contributed by atoms with Crippen molar-refractivity contribution in [2.45, 2.75) is 17.7 Å². The number of benzene rings is 1. The van der Waals surface area contributed by atoms with Gasteiger partial charge in [0.2, 0.25) is 0 Å². The molecule has 0 radical (unpaired) electrons. The number of anilines is 1. The molecule has 0 spiro atoms. The van der Waals surface area contributed by atoms with Gasteiger partial charge in [-0.25, -0.2) is 0 Å². The number of rotatable bonds is 5. The van der Waals surface area contributed by atoms with Gasteiger partial charge >= 0.3 is 0 Å². The maximum atomic E-state index is 11.8. The van der Waals surface area contributed by atoms with Gasteiger partial charge in [0.15, 0.2) is 11.6 Å². The summed E-state index contributed by atoms with van der Waals surface area (Å²) in [5, 5.41) is 11.6. The van der Waals surface area contributed by atoms with Gasteiger partial charge in [-0.3, -0.25) is 4.79 Å². The molecule has 0 bridgehead atoms. The van der Waals surface area contributed by atoms with Crippen LogP contribution in [0.15, 0.2) is 64.2 Å². The van der Waals surface area contributed by atoms with E-state index in [4.69, 9.17) is 4.42 Å². The minimum Gasteiger partial charge on any atom is -0.459 e. The molecule has 23 heavy (non-hydrogen) atoms. The van der Waals surface area contributed by atoms with Crippen LogP contribution in [0.1, 0.15) is 21.7 Å². The highest BCUT2D eigenvalue weighted by molar-refractivity contribution is 7.98. The van der Waals surface area contributed by atoms with E-state index in [-0.39, 0.29) is 11.7 Å². The van der Waals surface area contributed by atoms with Crippen LogP contribution >= 0.6 is 11.8 Å². The Labute approximate surface area is 138 Å². The molecule has 0 aliphatic carbocycles. The molecule has 0 saturated heterocycles. The first-order valence-electron chi connectivity index (χ1n) is 7.08. The summed E-state index contributed by atoms with van der Waals surface area (Å²) in [6.45, 7) is 2.09. The lowest BCUT2D eigenvalue weighted by Gasteiger charge is -2.05. The molecule has 0 aliphatic rings. The molecule has 3 rings (SSSR count). The van der Waals surface area contributed by atoms with E-state index in [0.29, 0.717) is 5.82 Å². The minimum absolute atomic E-state index is 0.241. The fourth-order valence-corrected chi connectivity index (χ4v) is 2.86. The molecule has 0 unspecified atom stereocenters. The van der Waals surface area contributed by atoms with Crippen LogP contribution in [0.3, 0.4) is 0 Å². The van der Waals surface area contributed by atoms with E-state index in [0.717, 1.165) is 10.8 Å². The summed E-state index contributed by atoms with van der Waals surface area (Å²) < 4.78 is 5.03. The van der Waals surface area contributed by atoms with E-state index in [2.05, 4.69) is 34.6 Å². The summed E-state index contributed by atoms with van der Waals surface area (Å²) in [5.74, 6) is 1.13. The summed E-state index contributed by atoms with van der Waals surface area (Å²) in [7, 11) is 0. The van der Waals surface area contributed by atoms with E-state index in [1.165, 1.54) is 17.4 Å². The van der Waals surface area contributed by atoms with E-state index in [1.807, 2.05) is 18.2 Å². The van der Waals surface area contributed by atoms with Crippen LogP contribution in [-0.2, 0) is 5.75 Å². The molecule has 2 heterocycles. The number of nitrogens with zero attached hydrogens (tertiary/aromatic N) is 2. The van der Waals surface area contributed by atoms with Gasteiger partial charge in [0.1, 0.15) is 5.03 Å². The summed E-state index contributed by atoms with van der Waals surface area (Å²) in [4.78, 5) is 11.8. The van der Waals surface area contributed by atoms with Crippen molar-refractivity contribution < 1.29 is 9.21 Å². The molecule has 2 aromatic heterocycles. The fraction of sp³-hybridized carbons (Fsp3) is 0.118. The zero-order valence-corrected chi connectivity index (χ0v) is 13.3. The third-order valence-corrected chi connectivity index (χ3v) is 4.23. The molecule has 0 saturated carbocycles. The average molecular weight is 325 g/mol. The second-order valence-corrected chi connectivity index (χ2v) is 5.90. The molecule has 5 nitrogen and oxygen atoms in total. The van der Waals surface area contributed by atoms with Gasteiger partial charge in [0.05, 0.1) is 6.26 Å². The molecular formula is C17H15N3O2S. The summed E-state index contributed by atoms with van der Waals surface area (Å²) >= 11 is 1.61. The van der Waals surface area contributed by atoms with Gasteiger partial charge in [0.25, 0.3) is 5.91 Å². The summed E-state index contributed by atoms with van der Waals surface area (Å²) in [6, 6.07) is 15.1.